The molecule has 0 amide bonds. The second-order valence-corrected chi connectivity index (χ2v) is 9.43. The van der Waals surface area contributed by atoms with Gasteiger partial charge < -0.3 is 15.8 Å². The number of nitrogens with zero attached hydrogens (tertiary/aromatic N) is 3. The summed E-state index contributed by atoms with van der Waals surface area (Å²) in [7, 11) is 0. The second kappa shape index (κ2) is 11.2. The molecule has 1 saturated heterocycles. The van der Waals surface area contributed by atoms with Gasteiger partial charge in [-0.2, -0.15) is 5.26 Å². The van der Waals surface area contributed by atoms with E-state index in [1.54, 1.807) is 12.3 Å². The molecule has 1 saturated carbocycles. The van der Waals surface area contributed by atoms with Gasteiger partial charge >= 0.3 is 0 Å². The van der Waals surface area contributed by atoms with Crippen LogP contribution in [-0.4, -0.2) is 35.8 Å². The van der Waals surface area contributed by atoms with Crippen LogP contribution in [0.15, 0.2) is 24.4 Å². The Morgan fingerprint density at radius 1 is 1.24 bits per heavy atom. The molecule has 3 heterocycles. The summed E-state index contributed by atoms with van der Waals surface area (Å²) >= 11 is 6.44. The first-order chi connectivity index (χ1) is 15.5. The van der Waals surface area contributed by atoms with Gasteiger partial charge in [-0.1, -0.05) is 19.0 Å². The van der Waals surface area contributed by atoms with Crippen molar-refractivity contribution < 1.29 is 9.13 Å². The van der Waals surface area contributed by atoms with Crippen LogP contribution in [0.2, 0.25) is 5.02 Å². The summed E-state index contributed by atoms with van der Waals surface area (Å²) in [5.74, 6) is 0.230. The molecule has 33 heavy (non-hydrogen) atoms. The lowest BCUT2D eigenvalue weighted by atomic mass is 9.82. The molecule has 1 aliphatic heterocycles. The quantitative estimate of drug-likeness (QED) is 0.585. The number of pyridine rings is 2. The van der Waals surface area contributed by atoms with E-state index in [9.17, 15) is 9.65 Å². The summed E-state index contributed by atoms with van der Waals surface area (Å²) in [4.78, 5) is 9.00. The third kappa shape index (κ3) is 6.20. The van der Waals surface area contributed by atoms with Crippen molar-refractivity contribution in [3.8, 4) is 17.3 Å². The van der Waals surface area contributed by atoms with E-state index < -0.39 is 11.2 Å². The van der Waals surface area contributed by atoms with Crippen molar-refractivity contribution in [2.45, 2.75) is 58.4 Å². The highest BCUT2D eigenvalue weighted by atomic mass is 35.5. The van der Waals surface area contributed by atoms with Crippen molar-refractivity contribution in [3.63, 3.8) is 0 Å². The van der Waals surface area contributed by atoms with E-state index in [4.69, 9.17) is 22.1 Å². The van der Waals surface area contributed by atoms with Gasteiger partial charge in [0.1, 0.15) is 0 Å². The van der Waals surface area contributed by atoms with Crippen molar-refractivity contribution in [2.24, 2.45) is 17.1 Å². The first kappa shape index (κ1) is 25.4. The number of hydrogen-bond donors (Lipinski definition) is 2. The van der Waals surface area contributed by atoms with Gasteiger partial charge in [-0.3, -0.25) is 4.98 Å². The van der Waals surface area contributed by atoms with Crippen LogP contribution in [0.25, 0.3) is 11.3 Å². The molecule has 0 unspecified atom stereocenters. The van der Waals surface area contributed by atoms with Gasteiger partial charge in [0.15, 0.2) is 11.6 Å². The molecule has 2 aliphatic rings. The van der Waals surface area contributed by atoms with E-state index in [0.29, 0.717) is 55.3 Å². The summed E-state index contributed by atoms with van der Waals surface area (Å²) in [6.07, 6.45) is 8.06. The molecule has 6 nitrogen and oxygen atoms in total. The van der Waals surface area contributed by atoms with E-state index in [0.717, 1.165) is 43.4 Å². The number of nitrogens with two attached hydrogens (primary N) is 1. The van der Waals surface area contributed by atoms with Crippen LogP contribution in [0, 0.1) is 28.5 Å². The minimum absolute atomic E-state index is 0. The molecule has 0 aromatic carbocycles. The number of nitrogens with one attached hydrogen (secondary N) is 1. The lowest BCUT2D eigenvalue weighted by Gasteiger charge is -2.30. The van der Waals surface area contributed by atoms with Crippen LogP contribution in [0.4, 0.5) is 10.2 Å². The SMILES string of the molecule is C.N#CC1(CNc2nc(-c3cc(CC4CCC(N)CC4)ncc3Cl)ccc2F)CCOCC1. The van der Waals surface area contributed by atoms with Crippen molar-refractivity contribution in [2.75, 3.05) is 25.1 Å². The maximum Gasteiger partial charge on any atom is 0.165 e. The molecule has 2 aromatic heterocycles. The van der Waals surface area contributed by atoms with E-state index in [-0.39, 0.29) is 13.2 Å². The standard InChI is InChI=1S/C24H29ClFN5O.CH4/c25-20-13-29-18(11-16-1-3-17(28)4-2-16)12-19(20)22-6-5-21(26)23(31-22)30-15-24(14-27)7-9-32-10-8-24;/h5-6,12-13,16-17H,1-4,7-11,15,28H2,(H,30,31);1H4. The van der Waals surface area contributed by atoms with Crippen molar-refractivity contribution in [1.29, 1.82) is 5.26 Å². The fourth-order valence-corrected chi connectivity index (χ4v) is 4.74. The number of halogens is 2. The van der Waals surface area contributed by atoms with Gasteiger partial charge in [0.25, 0.3) is 0 Å². The Labute approximate surface area is 200 Å². The Bertz CT molecular complexity index is 981. The lowest BCUT2D eigenvalue weighted by Crippen LogP contribution is -2.35. The summed E-state index contributed by atoms with van der Waals surface area (Å²) in [6.45, 7) is 1.39. The molecule has 3 N–H and O–H groups in total. The Hall–Kier alpha value is -2.27. The van der Waals surface area contributed by atoms with E-state index >= 15 is 0 Å². The molecular weight excluding hydrogens is 441 g/mol. The molecule has 0 spiro atoms. The zero-order valence-corrected chi connectivity index (χ0v) is 18.9. The first-order valence-electron chi connectivity index (χ1n) is 11.3. The van der Waals surface area contributed by atoms with E-state index in [1.807, 2.05) is 6.07 Å². The van der Waals surface area contributed by atoms with Gasteiger partial charge in [-0.25, -0.2) is 9.37 Å². The van der Waals surface area contributed by atoms with Crippen molar-refractivity contribution in [1.82, 2.24) is 9.97 Å². The summed E-state index contributed by atoms with van der Waals surface area (Å²) in [6, 6.07) is 7.66. The van der Waals surface area contributed by atoms with E-state index in [1.165, 1.54) is 6.07 Å². The van der Waals surface area contributed by atoms with Gasteiger partial charge in [-0.15, -0.1) is 0 Å². The third-order valence-corrected chi connectivity index (χ3v) is 7.01. The minimum Gasteiger partial charge on any atom is -0.381 e. The molecule has 8 heteroatoms. The number of hydrogen-bond acceptors (Lipinski definition) is 6. The van der Waals surface area contributed by atoms with Gasteiger partial charge in [-0.05, 0) is 69.1 Å². The highest BCUT2D eigenvalue weighted by Crippen LogP contribution is 2.33. The van der Waals surface area contributed by atoms with Crippen LogP contribution >= 0.6 is 11.6 Å². The monoisotopic (exact) mass is 473 g/mol. The Morgan fingerprint density at radius 3 is 2.67 bits per heavy atom. The molecule has 178 valence electrons. The summed E-state index contributed by atoms with van der Waals surface area (Å²) < 4.78 is 19.9. The van der Waals surface area contributed by atoms with Crippen LogP contribution in [0.5, 0.6) is 0 Å². The number of ether oxygens (including phenoxy) is 1. The smallest absolute Gasteiger partial charge is 0.165 e. The number of aromatic nitrogens is 2. The summed E-state index contributed by atoms with van der Waals surface area (Å²) in [5.41, 5.74) is 7.71. The van der Waals surface area contributed by atoms with Gasteiger partial charge in [0.05, 0.1) is 22.2 Å². The Balaban J connectivity index is 0.00000306. The maximum atomic E-state index is 14.5. The second-order valence-electron chi connectivity index (χ2n) is 9.03. The largest absolute Gasteiger partial charge is 0.381 e. The van der Waals surface area contributed by atoms with Crippen molar-refractivity contribution >= 4 is 17.4 Å². The van der Waals surface area contributed by atoms with Crippen LogP contribution in [0.3, 0.4) is 0 Å². The Kier molecular flexibility index (Phi) is 8.63. The summed E-state index contributed by atoms with van der Waals surface area (Å²) in [5, 5.41) is 13.2. The molecule has 1 aliphatic carbocycles. The minimum atomic E-state index is -0.577. The fraction of sp³-hybridized carbons (Fsp3) is 0.560. The predicted octanol–water partition coefficient (Wildman–Crippen LogP) is 5.36. The average molecular weight is 474 g/mol. The topological polar surface area (TPSA) is 96.9 Å². The number of nitriles is 1. The molecule has 0 radical (unpaired) electrons. The highest BCUT2D eigenvalue weighted by Gasteiger charge is 2.33. The molecular formula is C25H33ClFN5O. The molecule has 2 aromatic rings. The average Bonchev–Trinajstić information content (AvgIpc) is 2.82. The lowest BCUT2D eigenvalue weighted by molar-refractivity contribution is 0.0455. The zero-order chi connectivity index (χ0) is 22.6. The molecule has 0 bridgehead atoms. The third-order valence-electron chi connectivity index (χ3n) is 6.70. The van der Waals surface area contributed by atoms with Crippen LogP contribution < -0.4 is 11.1 Å². The number of anilines is 1. The van der Waals surface area contributed by atoms with Gasteiger partial charge in [0, 0.05) is 43.3 Å². The molecule has 0 atom stereocenters. The van der Waals surface area contributed by atoms with Crippen molar-refractivity contribution in [3.05, 3.63) is 40.9 Å². The predicted molar refractivity (Wildman–Crippen MR) is 129 cm³/mol. The maximum absolute atomic E-state index is 14.5. The molecule has 2 fully saturated rings. The first-order valence-corrected chi connectivity index (χ1v) is 11.7. The van der Waals surface area contributed by atoms with Crippen LogP contribution in [0.1, 0.15) is 51.6 Å². The fourth-order valence-electron chi connectivity index (χ4n) is 4.54. The molecule has 4 rings (SSSR count). The zero-order valence-electron chi connectivity index (χ0n) is 18.1. The highest BCUT2D eigenvalue weighted by molar-refractivity contribution is 6.33. The van der Waals surface area contributed by atoms with E-state index in [2.05, 4.69) is 21.4 Å². The Morgan fingerprint density at radius 2 is 1.97 bits per heavy atom. The normalized spacial score (nSPS) is 22.1. The van der Waals surface area contributed by atoms with Crippen LogP contribution in [-0.2, 0) is 11.2 Å². The van der Waals surface area contributed by atoms with Gasteiger partial charge in [0.2, 0.25) is 0 Å². The number of rotatable bonds is 6.